The van der Waals surface area contributed by atoms with Crippen LogP contribution in [0, 0.1) is 0 Å². The fraction of sp³-hybridized carbons (Fsp3) is 0.154. The molecule has 0 saturated carbocycles. The van der Waals surface area contributed by atoms with Crippen molar-refractivity contribution in [2.75, 3.05) is 5.32 Å². The number of nitrogens with one attached hydrogen (secondary N) is 1. The van der Waals surface area contributed by atoms with E-state index in [2.05, 4.69) is 30.5 Å². The van der Waals surface area contributed by atoms with Gasteiger partial charge in [-0.25, -0.2) is 9.37 Å². The van der Waals surface area contributed by atoms with Crippen LogP contribution in [0.4, 0.5) is 10.2 Å². The van der Waals surface area contributed by atoms with Crippen LogP contribution in [0.5, 0.6) is 0 Å². The summed E-state index contributed by atoms with van der Waals surface area (Å²) in [4.78, 5) is 25.2. The molecule has 1 amide bonds. The smallest absolute Gasteiger partial charge is 0.229 e. The fourth-order valence-electron chi connectivity index (χ4n) is 3.65. The molecule has 1 atom stereocenters. The fourth-order valence-corrected chi connectivity index (χ4v) is 3.65. The molecule has 170 valence electrons. The number of hydrogen-bond acceptors (Lipinski definition) is 6. The second kappa shape index (κ2) is 10.1. The van der Waals surface area contributed by atoms with Crippen LogP contribution < -0.4 is 5.32 Å². The molecule has 3 heterocycles. The molecule has 0 aliphatic carbocycles. The van der Waals surface area contributed by atoms with Crippen LogP contribution in [0.1, 0.15) is 25.0 Å². The van der Waals surface area contributed by atoms with E-state index >= 15 is 4.39 Å². The number of benzene rings is 1. The van der Waals surface area contributed by atoms with Crippen molar-refractivity contribution in [2.24, 2.45) is 0 Å². The highest BCUT2D eigenvalue weighted by molar-refractivity contribution is 5.91. The number of nitrogens with zero attached hydrogens (tertiary/aromatic N) is 5. The van der Waals surface area contributed by atoms with Crippen LogP contribution in [-0.4, -0.2) is 31.1 Å². The van der Waals surface area contributed by atoms with Crippen LogP contribution >= 0.6 is 0 Å². The number of hydrogen-bond donors (Lipinski definition) is 1. The maximum atomic E-state index is 15.6. The Bertz CT molecular complexity index is 1290. The van der Waals surface area contributed by atoms with Crippen molar-refractivity contribution in [3.05, 3.63) is 96.9 Å². The minimum atomic E-state index is -1.72. The quantitative estimate of drug-likeness (QED) is 0.398. The van der Waals surface area contributed by atoms with Gasteiger partial charge in [0, 0.05) is 35.3 Å². The molecule has 0 aliphatic heterocycles. The lowest BCUT2D eigenvalue weighted by Gasteiger charge is -2.21. The summed E-state index contributed by atoms with van der Waals surface area (Å²) in [6.07, 6.45) is 12.9. The summed E-state index contributed by atoms with van der Waals surface area (Å²) >= 11 is 0. The number of rotatable bonds is 7. The van der Waals surface area contributed by atoms with Gasteiger partial charge in [-0.05, 0) is 49.2 Å². The topological polar surface area (TPSA) is 93.6 Å². The minimum absolute atomic E-state index is 0.0708. The van der Waals surface area contributed by atoms with Crippen LogP contribution in [0.25, 0.3) is 22.4 Å². The first-order valence-electron chi connectivity index (χ1n) is 10.7. The van der Waals surface area contributed by atoms with Gasteiger partial charge in [0.1, 0.15) is 5.82 Å². The Balaban J connectivity index is 1.53. The first kappa shape index (κ1) is 22.8. The normalized spacial score (nSPS) is 12.9. The zero-order valence-corrected chi connectivity index (χ0v) is 18.8. The lowest BCUT2D eigenvalue weighted by Crippen LogP contribution is -2.17. The van der Waals surface area contributed by atoms with Crippen LogP contribution in [0.3, 0.4) is 0 Å². The van der Waals surface area contributed by atoms with Crippen LogP contribution in [0.2, 0.25) is 0 Å². The molecule has 1 aromatic carbocycles. The zero-order valence-electron chi connectivity index (χ0n) is 18.8. The SMILES string of the molecule is CC=CC(C)(F)c1cc(CC(=O)Nc2ccc(-c3cnccn3)cn2)ccc1-c1ccnnc1. The Morgan fingerprint density at radius 1 is 1.00 bits per heavy atom. The second-order valence-electron chi connectivity index (χ2n) is 7.83. The number of pyridine rings is 1. The number of carbonyl (C=O) groups excluding carboxylic acids is 1. The molecule has 4 aromatic rings. The van der Waals surface area contributed by atoms with Gasteiger partial charge >= 0.3 is 0 Å². The highest BCUT2D eigenvalue weighted by Crippen LogP contribution is 2.36. The van der Waals surface area contributed by atoms with E-state index in [0.717, 1.165) is 11.1 Å². The Hall–Kier alpha value is -4.33. The maximum Gasteiger partial charge on any atom is 0.229 e. The van der Waals surface area contributed by atoms with Gasteiger partial charge in [0.2, 0.25) is 5.91 Å². The van der Waals surface area contributed by atoms with Crippen molar-refractivity contribution < 1.29 is 9.18 Å². The predicted octanol–water partition coefficient (Wildman–Crippen LogP) is 4.94. The molecule has 0 radical (unpaired) electrons. The summed E-state index contributed by atoms with van der Waals surface area (Å²) in [5.41, 5.74) is 2.35. The first-order valence-corrected chi connectivity index (χ1v) is 10.7. The number of carbonyl (C=O) groups is 1. The molecule has 0 fully saturated rings. The average molecular weight is 455 g/mol. The Morgan fingerprint density at radius 2 is 1.88 bits per heavy atom. The number of anilines is 1. The number of amides is 1. The van der Waals surface area contributed by atoms with E-state index in [1.165, 1.54) is 13.0 Å². The minimum Gasteiger partial charge on any atom is -0.310 e. The van der Waals surface area contributed by atoms with Gasteiger partial charge in [-0.2, -0.15) is 10.2 Å². The third-order valence-corrected chi connectivity index (χ3v) is 5.24. The van der Waals surface area contributed by atoms with Gasteiger partial charge < -0.3 is 5.32 Å². The van der Waals surface area contributed by atoms with E-state index in [9.17, 15) is 4.79 Å². The van der Waals surface area contributed by atoms with Crippen molar-refractivity contribution in [1.82, 2.24) is 25.1 Å². The Labute approximate surface area is 196 Å². The zero-order chi connectivity index (χ0) is 24.0. The standard InChI is InChI=1S/C26H23FN6O/c1-3-9-26(2,27)22-13-18(4-6-21(22)19-8-10-31-32-16-19)14-25(34)33-24-7-5-20(15-30-24)23-17-28-11-12-29-23/h3-13,15-17H,14H2,1-2H3,(H,30,33,34). The van der Waals surface area contributed by atoms with E-state index in [1.54, 1.807) is 68.4 Å². The summed E-state index contributed by atoms with van der Waals surface area (Å²) in [7, 11) is 0. The Kier molecular flexibility index (Phi) is 6.77. The van der Waals surface area contributed by atoms with Gasteiger partial charge in [-0.1, -0.05) is 24.3 Å². The molecule has 0 spiro atoms. The van der Waals surface area contributed by atoms with Gasteiger partial charge in [-0.15, -0.1) is 0 Å². The average Bonchev–Trinajstić information content (AvgIpc) is 2.85. The van der Waals surface area contributed by atoms with Crippen molar-refractivity contribution in [3.8, 4) is 22.4 Å². The second-order valence-corrected chi connectivity index (χ2v) is 7.83. The highest BCUT2D eigenvalue weighted by Gasteiger charge is 2.26. The third-order valence-electron chi connectivity index (χ3n) is 5.24. The summed E-state index contributed by atoms with van der Waals surface area (Å²) in [5, 5.41) is 10.5. The van der Waals surface area contributed by atoms with Gasteiger partial charge in [0.05, 0.1) is 30.7 Å². The van der Waals surface area contributed by atoms with Gasteiger partial charge in [-0.3, -0.25) is 14.8 Å². The van der Waals surface area contributed by atoms with Gasteiger partial charge in [0.25, 0.3) is 0 Å². The number of aromatic nitrogens is 5. The largest absolute Gasteiger partial charge is 0.310 e. The molecule has 3 aromatic heterocycles. The molecule has 0 aliphatic rings. The van der Waals surface area contributed by atoms with Gasteiger partial charge in [0.15, 0.2) is 5.67 Å². The van der Waals surface area contributed by atoms with E-state index in [4.69, 9.17) is 0 Å². The van der Waals surface area contributed by atoms with E-state index in [-0.39, 0.29) is 12.3 Å². The predicted molar refractivity (Wildman–Crippen MR) is 128 cm³/mol. The maximum absolute atomic E-state index is 15.6. The highest BCUT2D eigenvalue weighted by atomic mass is 19.1. The van der Waals surface area contributed by atoms with Crippen molar-refractivity contribution in [2.45, 2.75) is 25.9 Å². The molecule has 7 nitrogen and oxygen atoms in total. The Morgan fingerprint density at radius 3 is 2.56 bits per heavy atom. The monoisotopic (exact) mass is 454 g/mol. The lowest BCUT2D eigenvalue weighted by atomic mass is 9.88. The summed E-state index contributed by atoms with van der Waals surface area (Å²) in [5.74, 6) is 0.164. The van der Waals surface area contributed by atoms with Crippen molar-refractivity contribution in [3.63, 3.8) is 0 Å². The van der Waals surface area contributed by atoms with E-state index in [1.807, 2.05) is 18.2 Å². The van der Waals surface area contributed by atoms with Crippen molar-refractivity contribution >= 4 is 11.7 Å². The van der Waals surface area contributed by atoms with E-state index < -0.39 is 5.67 Å². The molecule has 8 heteroatoms. The summed E-state index contributed by atoms with van der Waals surface area (Å²) in [6, 6.07) is 10.6. The van der Waals surface area contributed by atoms with Crippen molar-refractivity contribution in [1.29, 1.82) is 0 Å². The lowest BCUT2D eigenvalue weighted by molar-refractivity contribution is -0.115. The molecule has 4 rings (SSSR count). The van der Waals surface area contributed by atoms with Crippen LogP contribution in [0.15, 0.2) is 85.7 Å². The summed E-state index contributed by atoms with van der Waals surface area (Å²) < 4.78 is 15.6. The first-order chi connectivity index (χ1) is 16.5. The molecule has 1 N–H and O–H groups in total. The number of halogens is 1. The number of alkyl halides is 1. The van der Waals surface area contributed by atoms with E-state index in [0.29, 0.717) is 28.2 Å². The summed E-state index contributed by atoms with van der Waals surface area (Å²) in [6.45, 7) is 3.26. The molecular formula is C26H23FN6O. The molecule has 1 unspecified atom stereocenters. The molecule has 0 bridgehead atoms. The number of allylic oxidation sites excluding steroid dienone is 2. The third kappa shape index (κ3) is 5.35. The van der Waals surface area contributed by atoms with Crippen LogP contribution in [-0.2, 0) is 16.9 Å². The molecule has 34 heavy (non-hydrogen) atoms. The molecule has 0 saturated heterocycles. The molecular weight excluding hydrogens is 431 g/mol.